The molecule has 0 saturated carbocycles. The fraction of sp³-hybridized carbons (Fsp3) is 0.444. The van der Waals surface area contributed by atoms with Crippen LogP contribution in [0.3, 0.4) is 0 Å². The van der Waals surface area contributed by atoms with Crippen molar-refractivity contribution in [3.63, 3.8) is 0 Å². The average molecular weight is 489 g/mol. The number of thiophene rings is 1. The Morgan fingerprint density at radius 2 is 2.27 bits per heavy atom. The molecule has 0 aromatic carbocycles. The number of anilines is 1. The van der Waals surface area contributed by atoms with Crippen LogP contribution in [0.2, 0.25) is 0 Å². The zero-order valence-electron chi connectivity index (χ0n) is 15.0. The summed E-state index contributed by atoms with van der Waals surface area (Å²) in [6.07, 6.45) is 2.56. The quantitative estimate of drug-likeness (QED) is 0.384. The standard InChI is InChI=1S/C18H24FN5S.HI/c1-3-20-18(22-11-15-7-6-13(2)25-15)23-14-8-10-24(12-14)17-16(19)5-4-9-21-17;/h4-7,9,14H,3,8,10-12H2,1-2H3,(H2,20,22,23);1H. The lowest BCUT2D eigenvalue weighted by Crippen LogP contribution is -2.44. The largest absolute Gasteiger partial charge is 0.357 e. The summed E-state index contributed by atoms with van der Waals surface area (Å²) < 4.78 is 13.9. The predicted octanol–water partition coefficient (Wildman–Crippen LogP) is 3.54. The van der Waals surface area contributed by atoms with Crippen LogP contribution in [0.5, 0.6) is 0 Å². The zero-order chi connectivity index (χ0) is 17.6. The van der Waals surface area contributed by atoms with E-state index in [1.165, 1.54) is 15.8 Å². The molecular formula is C18H25FIN5S. The number of halogens is 2. The van der Waals surface area contributed by atoms with Crippen molar-refractivity contribution in [2.45, 2.75) is 32.9 Å². The van der Waals surface area contributed by atoms with E-state index in [4.69, 9.17) is 0 Å². The summed E-state index contributed by atoms with van der Waals surface area (Å²) in [5, 5.41) is 6.75. The first-order chi connectivity index (χ1) is 12.2. The van der Waals surface area contributed by atoms with Crippen molar-refractivity contribution in [3.05, 3.63) is 46.0 Å². The number of pyridine rings is 1. The number of nitrogens with zero attached hydrogens (tertiary/aromatic N) is 3. The van der Waals surface area contributed by atoms with Crippen LogP contribution in [-0.4, -0.2) is 36.6 Å². The van der Waals surface area contributed by atoms with Gasteiger partial charge in [0.2, 0.25) is 0 Å². The summed E-state index contributed by atoms with van der Waals surface area (Å²) in [5.41, 5.74) is 0. The van der Waals surface area contributed by atoms with Crippen LogP contribution >= 0.6 is 35.3 Å². The number of guanidine groups is 1. The molecule has 3 rings (SSSR count). The van der Waals surface area contributed by atoms with Gasteiger partial charge in [-0.2, -0.15) is 0 Å². The second-order valence-electron chi connectivity index (χ2n) is 6.09. The molecular weight excluding hydrogens is 464 g/mol. The number of aromatic nitrogens is 1. The Morgan fingerprint density at radius 3 is 2.96 bits per heavy atom. The molecule has 0 amide bonds. The lowest BCUT2D eigenvalue weighted by molar-refractivity contribution is 0.612. The van der Waals surface area contributed by atoms with E-state index in [2.05, 4.69) is 46.6 Å². The van der Waals surface area contributed by atoms with Crippen LogP contribution in [-0.2, 0) is 6.54 Å². The molecule has 142 valence electrons. The molecule has 2 aromatic heterocycles. The van der Waals surface area contributed by atoms with Gasteiger partial charge in [-0.3, -0.25) is 0 Å². The topological polar surface area (TPSA) is 52.6 Å². The van der Waals surface area contributed by atoms with Crippen LogP contribution in [0.15, 0.2) is 35.5 Å². The van der Waals surface area contributed by atoms with Crippen molar-refractivity contribution in [1.82, 2.24) is 15.6 Å². The maximum Gasteiger partial charge on any atom is 0.191 e. The summed E-state index contributed by atoms with van der Waals surface area (Å²) in [5.74, 6) is 0.974. The van der Waals surface area contributed by atoms with Crippen LogP contribution < -0.4 is 15.5 Å². The van der Waals surface area contributed by atoms with E-state index in [1.807, 2.05) is 4.90 Å². The smallest absolute Gasteiger partial charge is 0.191 e. The van der Waals surface area contributed by atoms with E-state index in [0.29, 0.717) is 12.4 Å². The van der Waals surface area contributed by atoms with Crippen molar-refractivity contribution in [1.29, 1.82) is 0 Å². The van der Waals surface area contributed by atoms with E-state index < -0.39 is 0 Å². The van der Waals surface area contributed by atoms with Crippen molar-refractivity contribution >= 4 is 47.1 Å². The highest BCUT2D eigenvalue weighted by Gasteiger charge is 2.25. The molecule has 0 radical (unpaired) electrons. The fourth-order valence-electron chi connectivity index (χ4n) is 2.92. The van der Waals surface area contributed by atoms with Gasteiger partial charge in [0.15, 0.2) is 17.6 Å². The number of hydrogen-bond acceptors (Lipinski definition) is 4. The molecule has 26 heavy (non-hydrogen) atoms. The lowest BCUT2D eigenvalue weighted by Gasteiger charge is -2.19. The molecule has 1 unspecified atom stereocenters. The maximum atomic E-state index is 13.9. The van der Waals surface area contributed by atoms with E-state index in [1.54, 1.807) is 23.6 Å². The molecule has 1 aliphatic heterocycles. The Kier molecular flexibility index (Phi) is 8.08. The molecule has 3 heterocycles. The van der Waals surface area contributed by atoms with Gasteiger partial charge < -0.3 is 15.5 Å². The highest BCUT2D eigenvalue weighted by Crippen LogP contribution is 2.21. The van der Waals surface area contributed by atoms with Crippen molar-refractivity contribution in [2.75, 3.05) is 24.5 Å². The van der Waals surface area contributed by atoms with Gasteiger partial charge in [0.1, 0.15) is 0 Å². The van der Waals surface area contributed by atoms with Crippen molar-refractivity contribution < 1.29 is 4.39 Å². The second kappa shape index (κ2) is 10.1. The Bertz CT molecular complexity index is 736. The average Bonchev–Trinajstić information content (AvgIpc) is 3.22. The Balaban J connectivity index is 0.00000243. The molecule has 5 nitrogen and oxygen atoms in total. The van der Waals surface area contributed by atoms with Crippen LogP contribution in [0.1, 0.15) is 23.1 Å². The molecule has 1 aliphatic rings. The lowest BCUT2D eigenvalue weighted by atomic mass is 10.3. The first-order valence-corrected chi connectivity index (χ1v) is 9.43. The molecule has 0 aliphatic carbocycles. The molecule has 1 fully saturated rings. The SMILES string of the molecule is CCNC(=NCc1ccc(C)s1)NC1CCN(c2ncccc2F)C1.I. The van der Waals surface area contributed by atoms with Gasteiger partial charge in [-0.25, -0.2) is 14.4 Å². The summed E-state index contributed by atoms with van der Waals surface area (Å²) in [6, 6.07) is 7.54. The first-order valence-electron chi connectivity index (χ1n) is 8.61. The molecule has 8 heteroatoms. The number of aryl methyl sites for hydroxylation is 1. The Morgan fingerprint density at radius 1 is 1.42 bits per heavy atom. The summed E-state index contributed by atoms with van der Waals surface area (Å²) in [6.45, 7) is 7.13. The molecule has 2 aromatic rings. The van der Waals surface area contributed by atoms with Crippen molar-refractivity contribution in [3.8, 4) is 0 Å². The Labute approximate surface area is 175 Å². The van der Waals surface area contributed by atoms with Gasteiger partial charge in [0, 0.05) is 41.6 Å². The number of aliphatic imine (C=N–C) groups is 1. The van der Waals surface area contributed by atoms with Crippen LogP contribution in [0.25, 0.3) is 0 Å². The Hall–Kier alpha value is -1.42. The minimum Gasteiger partial charge on any atom is -0.357 e. The molecule has 2 N–H and O–H groups in total. The normalized spacial score (nSPS) is 17.1. The highest BCUT2D eigenvalue weighted by atomic mass is 127. The van der Waals surface area contributed by atoms with Gasteiger partial charge in [0.05, 0.1) is 6.54 Å². The molecule has 0 spiro atoms. The van der Waals surface area contributed by atoms with E-state index >= 15 is 0 Å². The summed E-state index contributed by atoms with van der Waals surface area (Å²) >= 11 is 1.77. The third kappa shape index (κ3) is 5.54. The summed E-state index contributed by atoms with van der Waals surface area (Å²) in [7, 11) is 0. The zero-order valence-corrected chi connectivity index (χ0v) is 18.2. The van der Waals surface area contributed by atoms with Gasteiger partial charge in [-0.1, -0.05) is 0 Å². The molecule has 1 saturated heterocycles. The third-order valence-corrected chi connectivity index (χ3v) is 5.09. The maximum absolute atomic E-state index is 13.9. The summed E-state index contributed by atoms with van der Waals surface area (Å²) in [4.78, 5) is 13.4. The van der Waals surface area contributed by atoms with E-state index in [-0.39, 0.29) is 35.8 Å². The highest BCUT2D eigenvalue weighted by molar-refractivity contribution is 14.0. The number of nitrogens with one attached hydrogen (secondary N) is 2. The third-order valence-electron chi connectivity index (χ3n) is 4.10. The van der Waals surface area contributed by atoms with Gasteiger partial charge >= 0.3 is 0 Å². The molecule has 1 atom stereocenters. The van der Waals surface area contributed by atoms with Crippen LogP contribution in [0.4, 0.5) is 10.2 Å². The predicted molar refractivity (Wildman–Crippen MR) is 117 cm³/mol. The second-order valence-corrected chi connectivity index (χ2v) is 7.46. The first kappa shape index (κ1) is 20.9. The van der Waals surface area contributed by atoms with Crippen molar-refractivity contribution in [2.24, 2.45) is 4.99 Å². The number of rotatable bonds is 5. The van der Waals surface area contributed by atoms with Gasteiger partial charge in [-0.05, 0) is 44.5 Å². The minimum atomic E-state index is -0.267. The molecule has 0 bridgehead atoms. The van der Waals surface area contributed by atoms with Crippen LogP contribution in [0, 0.1) is 12.7 Å². The fourth-order valence-corrected chi connectivity index (χ4v) is 3.74. The monoisotopic (exact) mass is 489 g/mol. The van der Waals surface area contributed by atoms with E-state index in [9.17, 15) is 4.39 Å². The van der Waals surface area contributed by atoms with E-state index in [0.717, 1.165) is 32.0 Å². The number of hydrogen-bond donors (Lipinski definition) is 2. The van der Waals surface area contributed by atoms with Gasteiger partial charge in [-0.15, -0.1) is 35.3 Å². The van der Waals surface area contributed by atoms with Gasteiger partial charge in [0.25, 0.3) is 0 Å². The minimum absolute atomic E-state index is 0.